The highest BCUT2D eigenvalue weighted by Gasteiger charge is 2.13. The van der Waals surface area contributed by atoms with Crippen molar-refractivity contribution in [2.75, 3.05) is 23.9 Å². The zero-order chi connectivity index (χ0) is 21.3. The lowest BCUT2D eigenvalue weighted by Gasteiger charge is -2.13. The van der Waals surface area contributed by atoms with E-state index in [4.69, 9.17) is 0 Å². The molecule has 0 aliphatic heterocycles. The molecular weight excluding hydrogens is 376 g/mol. The van der Waals surface area contributed by atoms with Crippen molar-refractivity contribution in [3.8, 4) is 12.1 Å². The van der Waals surface area contributed by atoms with E-state index in [0.29, 0.717) is 0 Å². The molecule has 146 valence electrons. The average Bonchev–Trinajstić information content (AvgIpc) is 2.81. The summed E-state index contributed by atoms with van der Waals surface area (Å²) in [5, 5.41) is 18.9. The number of rotatable bonds is 6. The van der Waals surface area contributed by atoms with E-state index in [-0.39, 0.29) is 23.0 Å². The molecule has 30 heavy (non-hydrogen) atoms. The predicted molar refractivity (Wildman–Crippen MR) is 117 cm³/mol. The van der Waals surface area contributed by atoms with Gasteiger partial charge in [0, 0.05) is 25.5 Å². The Hall–Kier alpha value is -4.56. The average molecular weight is 394 g/mol. The molecule has 3 aromatic rings. The van der Waals surface area contributed by atoms with Crippen LogP contribution < -0.4 is 9.80 Å². The summed E-state index contributed by atoms with van der Waals surface area (Å²) in [5.74, 6) is 0.124. The van der Waals surface area contributed by atoms with Gasteiger partial charge in [0.25, 0.3) is 0 Å². The third-order valence-corrected chi connectivity index (χ3v) is 4.10. The minimum atomic E-state index is -0.0128. The van der Waals surface area contributed by atoms with Crippen molar-refractivity contribution in [3.05, 3.63) is 72.1 Å². The highest BCUT2D eigenvalue weighted by molar-refractivity contribution is 5.81. The van der Waals surface area contributed by atoms with Gasteiger partial charge in [-0.2, -0.15) is 10.5 Å². The molecule has 0 aliphatic rings. The highest BCUT2D eigenvalue weighted by Crippen LogP contribution is 2.22. The Morgan fingerprint density at radius 2 is 1.07 bits per heavy atom. The minimum absolute atomic E-state index is 0.0128. The van der Waals surface area contributed by atoms with Crippen LogP contribution in [0.25, 0.3) is 0 Å². The molecular formula is C22H18N8. The molecule has 1 aromatic heterocycles. The normalized spacial score (nSPS) is 10.7. The Bertz CT molecular complexity index is 1050. The van der Waals surface area contributed by atoms with Crippen LogP contribution in [0.1, 0.15) is 11.4 Å². The van der Waals surface area contributed by atoms with Gasteiger partial charge in [0.05, 0.1) is 12.7 Å². The van der Waals surface area contributed by atoms with E-state index in [1.54, 1.807) is 9.80 Å². The zero-order valence-corrected chi connectivity index (χ0v) is 16.5. The molecule has 0 unspecified atom stereocenters. The lowest BCUT2D eigenvalue weighted by atomic mass is 10.3. The van der Waals surface area contributed by atoms with Crippen molar-refractivity contribution in [3.63, 3.8) is 0 Å². The van der Waals surface area contributed by atoms with Crippen LogP contribution in [0.15, 0.2) is 70.6 Å². The van der Waals surface area contributed by atoms with Gasteiger partial charge in [-0.15, -0.1) is 0 Å². The quantitative estimate of drug-likeness (QED) is 0.465. The maximum Gasteiger partial charge on any atom is 0.192 e. The van der Waals surface area contributed by atoms with Crippen LogP contribution in [0.2, 0.25) is 0 Å². The van der Waals surface area contributed by atoms with Gasteiger partial charge >= 0.3 is 0 Å². The molecule has 0 aliphatic carbocycles. The van der Waals surface area contributed by atoms with Crippen molar-refractivity contribution >= 4 is 35.7 Å². The van der Waals surface area contributed by atoms with Crippen LogP contribution in [-0.4, -0.2) is 36.7 Å². The highest BCUT2D eigenvalue weighted by atomic mass is 15.2. The number of hydrogen-bond donors (Lipinski definition) is 0. The summed E-state index contributed by atoms with van der Waals surface area (Å²) in [6, 6.07) is 23.1. The van der Waals surface area contributed by atoms with Crippen LogP contribution in [0.4, 0.5) is 23.0 Å². The van der Waals surface area contributed by atoms with Crippen molar-refractivity contribution in [1.82, 2.24) is 9.97 Å². The number of aromatic nitrogens is 2. The van der Waals surface area contributed by atoms with Gasteiger partial charge in [-0.05, 0) is 24.3 Å². The van der Waals surface area contributed by atoms with Crippen molar-refractivity contribution in [2.45, 2.75) is 0 Å². The minimum Gasteiger partial charge on any atom is -0.335 e. The first-order chi connectivity index (χ1) is 14.6. The number of aliphatic imine (C=N–C) groups is 2. The fraction of sp³-hybridized carbons (Fsp3) is 0.0909. The fourth-order valence-corrected chi connectivity index (χ4v) is 2.49. The number of anilines is 2. The van der Waals surface area contributed by atoms with Crippen LogP contribution in [0.5, 0.6) is 0 Å². The summed E-state index contributed by atoms with van der Waals surface area (Å²) in [6.45, 7) is 0. The van der Waals surface area contributed by atoms with Gasteiger partial charge < -0.3 is 9.80 Å². The number of nitriles is 2. The Balaban J connectivity index is 1.87. The van der Waals surface area contributed by atoms with E-state index < -0.39 is 0 Å². The lowest BCUT2D eigenvalue weighted by molar-refractivity contribution is 1.10. The molecule has 8 nitrogen and oxygen atoms in total. The largest absolute Gasteiger partial charge is 0.335 e. The maximum absolute atomic E-state index is 9.46. The summed E-state index contributed by atoms with van der Waals surface area (Å²) in [5.41, 5.74) is 1.80. The Kier molecular flexibility index (Phi) is 6.44. The maximum atomic E-state index is 9.46. The molecule has 0 N–H and O–H groups in total. The molecule has 8 heteroatoms. The van der Waals surface area contributed by atoms with Crippen LogP contribution in [0.3, 0.4) is 0 Å². The smallest absolute Gasteiger partial charge is 0.192 e. The molecule has 0 fully saturated rings. The van der Waals surface area contributed by atoms with Crippen LogP contribution in [-0.2, 0) is 0 Å². The summed E-state index contributed by atoms with van der Waals surface area (Å²) in [6.07, 6.45) is 3.04. The molecule has 0 spiro atoms. The second-order valence-electron chi connectivity index (χ2n) is 6.17. The van der Waals surface area contributed by atoms with Gasteiger partial charge in [-0.25, -0.2) is 20.0 Å². The van der Waals surface area contributed by atoms with E-state index in [2.05, 4.69) is 20.0 Å². The lowest BCUT2D eigenvalue weighted by Crippen LogP contribution is -2.14. The second kappa shape index (κ2) is 9.58. The molecule has 0 amide bonds. The van der Waals surface area contributed by atoms with Crippen molar-refractivity contribution < 1.29 is 0 Å². The van der Waals surface area contributed by atoms with Crippen molar-refractivity contribution in [2.24, 2.45) is 9.98 Å². The number of benzene rings is 2. The van der Waals surface area contributed by atoms with Gasteiger partial charge in [-0.1, -0.05) is 36.4 Å². The molecule has 0 bridgehead atoms. The Morgan fingerprint density at radius 1 is 0.700 bits per heavy atom. The first-order valence-corrected chi connectivity index (χ1v) is 8.98. The van der Waals surface area contributed by atoms with E-state index in [1.165, 1.54) is 12.7 Å². The predicted octanol–water partition coefficient (Wildman–Crippen LogP) is 3.81. The van der Waals surface area contributed by atoms with E-state index in [0.717, 1.165) is 11.4 Å². The van der Waals surface area contributed by atoms with Crippen LogP contribution in [0, 0.1) is 22.7 Å². The standard InChI is InChI=1S/C22H18N8/c1-29(17-9-5-3-6-10-17)15-25-21-19(13-23)28-22(20(14-24)27-21)26-16-30(2)18-11-7-4-8-12-18/h3-12,15-16H,1-2H3/b25-15+,26-16?. The molecule has 1 heterocycles. The third kappa shape index (κ3) is 4.83. The zero-order valence-electron chi connectivity index (χ0n) is 16.5. The number of nitrogens with zero attached hydrogens (tertiary/aromatic N) is 8. The first kappa shape index (κ1) is 20.2. The van der Waals surface area contributed by atoms with E-state index in [9.17, 15) is 10.5 Å². The first-order valence-electron chi connectivity index (χ1n) is 8.98. The Labute approximate surface area is 174 Å². The molecule has 0 radical (unpaired) electrons. The summed E-state index contributed by atoms with van der Waals surface area (Å²) in [4.78, 5) is 20.4. The Morgan fingerprint density at radius 3 is 1.40 bits per heavy atom. The van der Waals surface area contributed by atoms with E-state index in [1.807, 2.05) is 86.9 Å². The fourth-order valence-electron chi connectivity index (χ4n) is 2.49. The SMILES string of the molecule is CN(C=Nc1nc(C#N)c(/N=C/N(C)c2ccccc2)nc1C#N)c1ccccc1. The topological polar surface area (TPSA) is 105 Å². The summed E-state index contributed by atoms with van der Waals surface area (Å²) >= 11 is 0. The number of para-hydroxylation sites is 2. The van der Waals surface area contributed by atoms with E-state index >= 15 is 0 Å². The molecule has 3 rings (SSSR count). The van der Waals surface area contributed by atoms with Gasteiger partial charge in [0.15, 0.2) is 23.0 Å². The third-order valence-electron chi connectivity index (χ3n) is 4.10. The molecule has 2 aromatic carbocycles. The molecule has 0 atom stereocenters. The van der Waals surface area contributed by atoms with Crippen LogP contribution >= 0.6 is 0 Å². The van der Waals surface area contributed by atoms with Gasteiger partial charge in [0.2, 0.25) is 0 Å². The number of hydrogen-bond acceptors (Lipinski definition) is 6. The summed E-state index contributed by atoms with van der Waals surface area (Å²) < 4.78 is 0. The van der Waals surface area contributed by atoms with Gasteiger partial charge in [-0.3, -0.25) is 0 Å². The second-order valence-corrected chi connectivity index (χ2v) is 6.17. The molecule has 0 saturated heterocycles. The summed E-state index contributed by atoms with van der Waals surface area (Å²) in [7, 11) is 3.64. The monoisotopic (exact) mass is 394 g/mol. The van der Waals surface area contributed by atoms with Crippen molar-refractivity contribution in [1.29, 1.82) is 10.5 Å². The molecule has 0 saturated carbocycles. The van der Waals surface area contributed by atoms with Gasteiger partial charge in [0.1, 0.15) is 12.1 Å².